The number of aromatic nitrogens is 1. The van der Waals surface area contributed by atoms with E-state index >= 15 is 0 Å². The van der Waals surface area contributed by atoms with Gasteiger partial charge in [0.15, 0.2) is 0 Å². The summed E-state index contributed by atoms with van der Waals surface area (Å²) in [4.78, 5) is 20.9. The molecule has 0 bridgehead atoms. The molecule has 1 unspecified atom stereocenters. The predicted octanol–water partition coefficient (Wildman–Crippen LogP) is 2.58. The van der Waals surface area contributed by atoms with E-state index in [0.29, 0.717) is 6.54 Å². The van der Waals surface area contributed by atoms with E-state index in [1.54, 1.807) is 0 Å². The van der Waals surface area contributed by atoms with Crippen LogP contribution in [0.2, 0.25) is 0 Å². The zero-order valence-electron chi connectivity index (χ0n) is 14.6. The Morgan fingerprint density at radius 2 is 1.92 bits per heavy atom. The Balaban J connectivity index is 1.71. The number of hydrogen-bond donors (Lipinski definition) is 1. The van der Waals surface area contributed by atoms with Crippen LogP contribution >= 0.6 is 0 Å². The molecule has 2 aromatic carbocycles. The van der Waals surface area contributed by atoms with E-state index in [1.165, 1.54) is 11.1 Å². The molecule has 3 aromatic rings. The lowest BCUT2D eigenvalue weighted by Crippen LogP contribution is -2.52. The van der Waals surface area contributed by atoms with Crippen molar-refractivity contribution in [2.45, 2.75) is 6.04 Å². The van der Waals surface area contributed by atoms with Gasteiger partial charge in [0.1, 0.15) is 0 Å². The maximum atomic E-state index is 12.4. The molecule has 1 aliphatic rings. The predicted molar refractivity (Wildman–Crippen MR) is 104 cm³/mol. The fourth-order valence-corrected chi connectivity index (χ4v) is 3.76. The summed E-state index contributed by atoms with van der Waals surface area (Å²) in [6.45, 7) is 2.24. The monoisotopic (exact) mass is 346 g/mol. The van der Waals surface area contributed by atoms with Crippen molar-refractivity contribution in [1.29, 1.82) is 0 Å². The van der Waals surface area contributed by atoms with E-state index in [-0.39, 0.29) is 18.5 Å². The number of pyridine rings is 1. The van der Waals surface area contributed by atoms with Gasteiger partial charge in [-0.2, -0.15) is 0 Å². The molecule has 26 heavy (non-hydrogen) atoms. The van der Waals surface area contributed by atoms with Gasteiger partial charge in [-0.25, -0.2) is 0 Å². The smallest absolute Gasteiger partial charge is 0.236 e. The van der Waals surface area contributed by atoms with Gasteiger partial charge >= 0.3 is 0 Å². The minimum Gasteiger partial charge on any atom is -0.367 e. The summed E-state index contributed by atoms with van der Waals surface area (Å²) in [5, 5.41) is 2.31. The van der Waals surface area contributed by atoms with E-state index in [4.69, 9.17) is 5.73 Å². The molecular formula is C21H22N4O. The number of piperazine rings is 1. The highest BCUT2D eigenvalue weighted by Crippen LogP contribution is 2.32. The summed E-state index contributed by atoms with van der Waals surface area (Å²) in [7, 11) is 0. The highest BCUT2D eigenvalue weighted by atomic mass is 16.2. The standard InChI is InChI=1S/C21H22N4O/c22-13-21(26)25-12-11-24(15-20(25)16-5-2-1-3-6-16)19-8-4-7-17-14-23-10-9-18(17)19/h1-10,14,20H,11-13,15,22H2. The molecule has 0 spiro atoms. The Bertz CT molecular complexity index is 907. The first-order chi connectivity index (χ1) is 12.8. The van der Waals surface area contributed by atoms with Gasteiger partial charge in [-0.3, -0.25) is 9.78 Å². The Morgan fingerprint density at radius 1 is 1.08 bits per heavy atom. The van der Waals surface area contributed by atoms with Gasteiger partial charge in [-0.1, -0.05) is 42.5 Å². The molecule has 1 saturated heterocycles. The second kappa shape index (κ2) is 7.14. The molecule has 2 heterocycles. The Labute approximate surface area is 153 Å². The third-order valence-electron chi connectivity index (χ3n) is 5.06. The average Bonchev–Trinajstić information content (AvgIpc) is 2.73. The van der Waals surface area contributed by atoms with E-state index in [1.807, 2.05) is 35.5 Å². The number of benzene rings is 2. The van der Waals surface area contributed by atoms with Crippen LogP contribution in [0.15, 0.2) is 67.0 Å². The molecule has 1 aromatic heterocycles. The zero-order valence-corrected chi connectivity index (χ0v) is 14.6. The summed E-state index contributed by atoms with van der Waals surface area (Å²) in [5.74, 6) is 0.000577. The van der Waals surface area contributed by atoms with Crippen LogP contribution in [0.5, 0.6) is 0 Å². The highest BCUT2D eigenvalue weighted by molar-refractivity contribution is 5.93. The number of nitrogens with two attached hydrogens (primary N) is 1. The van der Waals surface area contributed by atoms with Crippen LogP contribution in [0.1, 0.15) is 11.6 Å². The number of anilines is 1. The Hall–Kier alpha value is -2.92. The molecule has 0 saturated carbocycles. The van der Waals surface area contributed by atoms with Crippen LogP contribution in [-0.4, -0.2) is 42.0 Å². The Morgan fingerprint density at radius 3 is 2.73 bits per heavy atom. The summed E-state index contributed by atoms with van der Waals surface area (Å²) in [6, 6.07) is 18.5. The first-order valence-electron chi connectivity index (χ1n) is 8.90. The molecule has 5 nitrogen and oxygen atoms in total. The minimum absolute atomic E-state index is 0.000577. The second-order valence-electron chi connectivity index (χ2n) is 6.54. The molecule has 1 aliphatic heterocycles. The SMILES string of the molecule is NCC(=O)N1CCN(c2cccc3cnccc23)CC1c1ccccc1. The summed E-state index contributed by atoms with van der Waals surface area (Å²) >= 11 is 0. The normalized spacial score (nSPS) is 17.5. The number of nitrogens with zero attached hydrogens (tertiary/aromatic N) is 3. The number of carbonyl (C=O) groups excluding carboxylic acids is 1. The van der Waals surface area contributed by atoms with Crippen LogP contribution in [0, 0.1) is 0 Å². The third-order valence-corrected chi connectivity index (χ3v) is 5.06. The van der Waals surface area contributed by atoms with E-state index in [0.717, 1.165) is 24.0 Å². The van der Waals surface area contributed by atoms with E-state index in [9.17, 15) is 4.79 Å². The highest BCUT2D eigenvalue weighted by Gasteiger charge is 2.31. The van der Waals surface area contributed by atoms with Gasteiger partial charge in [0, 0.05) is 48.5 Å². The number of carbonyl (C=O) groups is 1. The van der Waals surface area contributed by atoms with Crippen molar-refractivity contribution in [2.24, 2.45) is 5.73 Å². The van der Waals surface area contributed by atoms with Gasteiger partial charge in [0.25, 0.3) is 0 Å². The number of amides is 1. The van der Waals surface area contributed by atoms with Gasteiger partial charge in [-0.15, -0.1) is 0 Å². The number of rotatable bonds is 3. The summed E-state index contributed by atoms with van der Waals surface area (Å²) in [6.07, 6.45) is 3.72. The van der Waals surface area contributed by atoms with Crippen molar-refractivity contribution in [3.05, 3.63) is 72.6 Å². The molecular weight excluding hydrogens is 324 g/mol. The van der Waals surface area contributed by atoms with Crippen LogP contribution in [-0.2, 0) is 4.79 Å². The molecule has 1 amide bonds. The number of hydrogen-bond acceptors (Lipinski definition) is 4. The topological polar surface area (TPSA) is 62.5 Å². The molecule has 0 radical (unpaired) electrons. The molecule has 1 atom stereocenters. The van der Waals surface area contributed by atoms with Crippen molar-refractivity contribution >= 4 is 22.4 Å². The molecule has 2 N–H and O–H groups in total. The van der Waals surface area contributed by atoms with Crippen LogP contribution < -0.4 is 10.6 Å². The average molecular weight is 346 g/mol. The van der Waals surface area contributed by atoms with Gasteiger partial charge in [0.05, 0.1) is 12.6 Å². The first-order valence-corrected chi connectivity index (χ1v) is 8.90. The lowest BCUT2D eigenvalue weighted by molar-refractivity contribution is -0.132. The molecule has 4 rings (SSSR count). The molecule has 132 valence electrons. The third kappa shape index (κ3) is 3.02. The number of fused-ring (bicyclic) bond motifs is 1. The first kappa shape index (κ1) is 16.5. The van der Waals surface area contributed by atoms with Gasteiger partial charge < -0.3 is 15.5 Å². The molecule has 5 heteroatoms. The lowest BCUT2D eigenvalue weighted by Gasteiger charge is -2.43. The van der Waals surface area contributed by atoms with Crippen LogP contribution in [0.25, 0.3) is 10.8 Å². The van der Waals surface area contributed by atoms with Crippen molar-refractivity contribution in [1.82, 2.24) is 9.88 Å². The van der Waals surface area contributed by atoms with Crippen molar-refractivity contribution in [2.75, 3.05) is 31.1 Å². The maximum Gasteiger partial charge on any atom is 0.236 e. The minimum atomic E-state index is -0.00177. The van der Waals surface area contributed by atoms with Gasteiger partial charge in [-0.05, 0) is 17.7 Å². The zero-order chi connectivity index (χ0) is 17.9. The fraction of sp³-hybridized carbons (Fsp3) is 0.238. The summed E-state index contributed by atoms with van der Waals surface area (Å²) < 4.78 is 0. The Kier molecular flexibility index (Phi) is 4.54. The van der Waals surface area contributed by atoms with Crippen molar-refractivity contribution < 1.29 is 4.79 Å². The molecule has 0 aliphatic carbocycles. The quantitative estimate of drug-likeness (QED) is 0.792. The lowest BCUT2D eigenvalue weighted by atomic mass is 10.0. The maximum absolute atomic E-state index is 12.4. The van der Waals surface area contributed by atoms with E-state index in [2.05, 4.69) is 46.3 Å². The van der Waals surface area contributed by atoms with Crippen LogP contribution in [0.4, 0.5) is 5.69 Å². The largest absolute Gasteiger partial charge is 0.367 e. The second-order valence-corrected chi connectivity index (χ2v) is 6.54. The van der Waals surface area contributed by atoms with Crippen LogP contribution in [0.3, 0.4) is 0 Å². The fourth-order valence-electron chi connectivity index (χ4n) is 3.76. The summed E-state index contributed by atoms with van der Waals surface area (Å²) in [5.41, 5.74) is 7.98. The van der Waals surface area contributed by atoms with Crippen molar-refractivity contribution in [3.8, 4) is 0 Å². The van der Waals surface area contributed by atoms with E-state index < -0.39 is 0 Å². The van der Waals surface area contributed by atoms with Crippen molar-refractivity contribution in [3.63, 3.8) is 0 Å². The van der Waals surface area contributed by atoms with Gasteiger partial charge in [0.2, 0.25) is 5.91 Å². The molecule has 1 fully saturated rings.